The van der Waals surface area contributed by atoms with E-state index in [2.05, 4.69) is 10.3 Å². The third-order valence-electron chi connectivity index (χ3n) is 6.96. The summed E-state index contributed by atoms with van der Waals surface area (Å²) in [7, 11) is -4.56. The lowest BCUT2D eigenvalue weighted by Crippen LogP contribution is -2.35. The van der Waals surface area contributed by atoms with Gasteiger partial charge in [0.05, 0.1) is 16.2 Å². The highest BCUT2D eigenvalue weighted by Gasteiger charge is 2.38. The van der Waals surface area contributed by atoms with Crippen LogP contribution in [0.2, 0.25) is 0 Å². The smallest absolute Gasteiger partial charge is 0.365 e. The Balaban J connectivity index is 1.76. The predicted octanol–water partition coefficient (Wildman–Crippen LogP) is 6.37. The molecule has 0 amide bonds. The van der Waals surface area contributed by atoms with Crippen LogP contribution in [0.4, 0.5) is 32.2 Å². The first-order valence-electron chi connectivity index (χ1n) is 12.4. The van der Waals surface area contributed by atoms with Gasteiger partial charge in [0, 0.05) is 35.3 Å². The number of pyridine rings is 1. The summed E-state index contributed by atoms with van der Waals surface area (Å²) in [5, 5.41) is 2.32. The summed E-state index contributed by atoms with van der Waals surface area (Å²) >= 11 is 0. The summed E-state index contributed by atoms with van der Waals surface area (Å²) in [5.74, 6) is -4.27. The number of nitrogens with two attached hydrogens (primary N) is 1. The molecule has 2 aromatic carbocycles. The highest BCUT2D eigenvalue weighted by Crippen LogP contribution is 2.42. The summed E-state index contributed by atoms with van der Waals surface area (Å²) in [6.45, 7) is 1.72. The Labute approximate surface area is 225 Å². The van der Waals surface area contributed by atoms with Crippen LogP contribution in [0.3, 0.4) is 0 Å². The molecule has 6 nitrogen and oxygen atoms in total. The Hall–Kier alpha value is -3.58. The number of nitrogens with zero attached hydrogens (tertiary/aromatic N) is 2. The SMILES string of the molecule is Cc1ccc(S(=O)(=O)n2cc(-c3nc(N[C@H]4CCC[C@@H](N)C4)c(F)cc3C(F)(F)F)c3cc(F)cc(F)c32)cc1. The average Bonchev–Trinajstić information content (AvgIpc) is 3.25. The Morgan fingerprint density at radius 1 is 1.02 bits per heavy atom. The van der Waals surface area contributed by atoms with Crippen LogP contribution in [0.15, 0.2) is 53.6 Å². The quantitative estimate of drug-likeness (QED) is 0.267. The van der Waals surface area contributed by atoms with Crippen molar-refractivity contribution < 1.29 is 34.8 Å². The molecule has 0 saturated heterocycles. The van der Waals surface area contributed by atoms with Crippen molar-refractivity contribution in [2.24, 2.45) is 5.73 Å². The second-order valence-electron chi connectivity index (χ2n) is 9.92. The number of fused-ring (bicyclic) bond motifs is 1. The second-order valence-corrected chi connectivity index (χ2v) is 11.7. The number of anilines is 1. The van der Waals surface area contributed by atoms with Crippen LogP contribution in [-0.4, -0.2) is 29.5 Å². The number of hydrogen-bond acceptors (Lipinski definition) is 5. The fraction of sp³-hybridized carbons (Fsp3) is 0.296. The van der Waals surface area contributed by atoms with Crippen molar-refractivity contribution in [3.8, 4) is 11.3 Å². The van der Waals surface area contributed by atoms with E-state index in [1.54, 1.807) is 6.92 Å². The summed E-state index contributed by atoms with van der Waals surface area (Å²) in [5.41, 5.74) is 3.07. The summed E-state index contributed by atoms with van der Waals surface area (Å²) < 4.78 is 114. The van der Waals surface area contributed by atoms with Crippen molar-refractivity contribution in [1.29, 1.82) is 0 Å². The number of halogens is 6. The van der Waals surface area contributed by atoms with E-state index in [4.69, 9.17) is 5.73 Å². The summed E-state index contributed by atoms with van der Waals surface area (Å²) in [4.78, 5) is 3.64. The molecule has 0 aliphatic heterocycles. The van der Waals surface area contributed by atoms with Gasteiger partial charge in [-0.3, -0.25) is 0 Å². The molecule has 5 rings (SSSR count). The topological polar surface area (TPSA) is 90.0 Å². The van der Waals surface area contributed by atoms with E-state index in [1.807, 2.05) is 0 Å². The Morgan fingerprint density at radius 3 is 2.38 bits per heavy atom. The van der Waals surface area contributed by atoms with E-state index < -0.39 is 67.2 Å². The Bertz CT molecular complexity index is 1700. The monoisotopic (exact) mass is 582 g/mol. The van der Waals surface area contributed by atoms with Gasteiger partial charge in [-0.05, 0) is 56.9 Å². The minimum Gasteiger partial charge on any atom is -0.365 e. The van der Waals surface area contributed by atoms with Crippen molar-refractivity contribution in [2.75, 3.05) is 5.32 Å². The van der Waals surface area contributed by atoms with Gasteiger partial charge in [-0.2, -0.15) is 13.2 Å². The van der Waals surface area contributed by atoms with Gasteiger partial charge in [0.25, 0.3) is 10.0 Å². The molecular weight excluding hydrogens is 558 g/mol. The van der Waals surface area contributed by atoms with Gasteiger partial charge in [0.15, 0.2) is 17.5 Å². The second kappa shape index (κ2) is 10.1. The van der Waals surface area contributed by atoms with Crippen LogP contribution in [0, 0.1) is 24.4 Å². The molecule has 13 heteroatoms. The fourth-order valence-electron chi connectivity index (χ4n) is 5.01. The standard InChI is InChI=1S/C27H24F6N4O2S/c1-14-5-7-18(8-6-14)40(38,39)37-13-20(19-9-15(28)10-22(29)25(19)37)24-21(27(31,32)33)12-23(30)26(36-24)35-17-4-2-3-16(34)11-17/h5-10,12-13,16-17H,2-4,11,34H2,1H3,(H,35,36)/t16-,17+/m1/s1. The van der Waals surface area contributed by atoms with Gasteiger partial charge >= 0.3 is 6.18 Å². The van der Waals surface area contributed by atoms with E-state index in [0.29, 0.717) is 28.9 Å². The lowest BCUT2D eigenvalue weighted by atomic mass is 9.91. The van der Waals surface area contributed by atoms with Crippen molar-refractivity contribution >= 4 is 26.7 Å². The Kier molecular flexibility index (Phi) is 7.07. The maximum atomic E-state index is 15.1. The Morgan fingerprint density at radius 2 is 1.73 bits per heavy atom. The molecule has 2 atom stereocenters. The molecule has 1 aliphatic carbocycles. The van der Waals surface area contributed by atoms with Crippen LogP contribution < -0.4 is 11.1 Å². The van der Waals surface area contributed by atoms with Gasteiger partial charge in [-0.15, -0.1) is 0 Å². The van der Waals surface area contributed by atoms with Crippen LogP contribution in [-0.2, 0) is 16.2 Å². The first-order chi connectivity index (χ1) is 18.8. The molecule has 1 aliphatic rings. The van der Waals surface area contributed by atoms with Gasteiger partial charge in [-0.1, -0.05) is 17.7 Å². The first kappa shape index (κ1) is 28.0. The number of alkyl halides is 3. The van der Waals surface area contributed by atoms with Crippen molar-refractivity contribution in [3.05, 3.63) is 77.2 Å². The van der Waals surface area contributed by atoms with Crippen molar-refractivity contribution in [2.45, 2.75) is 55.8 Å². The molecule has 0 unspecified atom stereocenters. The van der Waals surface area contributed by atoms with Gasteiger partial charge in [-0.25, -0.2) is 30.5 Å². The highest BCUT2D eigenvalue weighted by molar-refractivity contribution is 7.90. The van der Waals surface area contributed by atoms with E-state index in [-0.39, 0.29) is 23.0 Å². The van der Waals surface area contributed by atoms with Gasteiger partial charge < -0.3 is 11.1 Å². The highest BCUT2D eigenvalue weighted by atomic mass is 32.2. The number of aromatic nitrogens is 2. The van der Waals surface area contributed by atoms with Crippen LogP contribution in [0.1, 0.15) is 36.8 Å². The normalized spacial score (nSPS) is 18.3. The van der Waals surface area contributed by atoms with Gasteiger partial charge in [0.1, 0.15) is 11.3 Å². The van der Waals surface area contributed by atoms with E-state index in [9.17, 15) is 30.4 Å². The zero-order valence-electron chi connectivity index (χ0n) is 21.1. The van der Waals surface area contributed by atoms with Gasteiger partial charge in [0.2, 0.25) is 0 Å². The lowest BCUT2D eigenvalue weighted by Gasteiger charge is -2.28. The van der Waals surface area contributed by atoms with Crippen LogP contribution in [0.5, 0.6) is 0 Å². The molecule has 2 heterocycles. The molecule has 1 saturated carbocycles. The van der Waals surface area contributed by atoms with Crippen LogP contribution >= 0.6 is 0 Å². The molecule has 0 bridgehead atoms. The van der Waals surface area contributed by atoms with Crippen molar-refractivity contribution in [3.63, 3.8) is 0 Å². The molecule has 1 fully saturated rings. The average molecular weight is 583 g/mol. The third kappa shape index (κ3) is 5.15. The molecule has 3 N–H and O–H groups in total. The molecule has 0 radical (unpaired) electrons. The zero-order chi connectivity index (χ0) is 29.0. The zero-order valence-corrected chi connectivity index (χ0v) is 21.9. The number of rotatable bonds is 5. The minimum atomic E-state index is -5.13. The van der Waals surface area contributed by atoms with Crippen LogP contribution in [0.25, 0.3) is 22.2 Å². The number of benzene rings is 2. The number of nitrogens with one attached hydrogen (secondary N) is 1. The molecule has 0 spiro atoms. The molecule has 212 valence electrons. The molecule has 4 aromatic rings. The third-order valence-corrected chi connectivity index (χ3v) is 8.63. The summed E-state index contributed by atoms with van der Waals surface area (Å²) in [6, 6.07) is 6.33. The molecule has 2 aromatic heterocycles. The lowest BCUT2D eigenvalue weighted by molar-refractivity contribution is -0.137. The first-order valence-corrected chi connectivity index (χ1v) is 13.8. The predicted molar refractivity (Wildman–Crippen MR) is 138 cm³/mol. The summed E-state index contributed by atoms with van der Waals surface area (Å²) in [6.07, 6.45) is -1.91. The maximum Gasteiger partial charge on any atom is 0.418 e. The minimum absolute atomic E-state index is 0.181. The molecular formula is C27H24F6N4O2S. The molecule has 40 heavy (non-hydrogen) atoms. The van der Waals surface area contributed by atoms with E-state index in [0.717, 1.165) is 24.6 Å². The number of hydrogen-bond donors (Lipinski definition) is 2. The largest absolute Gasteiger partial charge is 0.418 e. The number of aryl methyl sites for hydroxylation is 1. The van der Waals surface area contributed by atoms with Crippen molar-refractivity contribution in [1.82, 2.24) is 8.96 Å². The van der Waals surface area contributed by atoms with E-state index >= 15 is 4.39 Å². The van der Waals surface area contributed by atoms with E-state index in [1.165, 1.54) is 24.3 Å². The fourth-order valence-corrected chi connectivity index (χ4v) is 6.39. The maximum absolute atomic E-state index is 15.1.